The van der Waals surface area contributed by atoms with Crippen molar-refractivity contribution in [1.82, 2.24) is 19.5 Å². The summed E-state index contributed by atoms with van der Waals surface area (Å²) in [4.78, 5) is 12.9. The van der Waals surface area contributed by atoms with Crippen molar-refractivity contribution in [3.05, 3.63) is 12.2 Å². The first kappa shape index (κ1) is 10.3. The van der Waals surface area contributed by atoms with E-state index in [0.29, 0.717) is 17.2 Å². The van der Waals surface area contributed by atoms with Gasteiger partial charge in [0.25, 0.3) is 0 Å². The number of nitrogen functional groups attached to an aromatic ring is 1. The Kier molecular flexibility index (Phi) is 1.82. The van der Waals surface area contributed by atoms with Crippen LogP contribution in [0.3, 0.4) is 0 Å². The molecule has 1 unspecified atom stereocenters. The van der Waals surface area contributed by atoms with E-state index in [0.717, 1.165) is 18.5 Å². The summed E-state index contributed by atoms with van der Waals surface area (Å²) in [7, 11) is 0. The summed E-state index contributed by atoms with van der Waals surface area (Å²) in [5.74, 6) is 1.11. The van der Waals surface area contributed by atoms with Crippen molar-refractivity contribution in [1.29, 1.82) is 0 Å². The summed E-state index contributed by atoms with van der Waals surface area (Å²) in [6.45, 7) is 1.84. The van der Waals surface area contributed by atoms with Crippen LogP contribution < -0.4 is 5.73 Å². The molecule has 6 nitrogen and oxygen atoms in total. The maximum Gasteiger partial charge on any atom is 0.167 e. The minimum Gasteiger partial charge on any atom is -0.382 e. The van der Waals surface area contributed by atoms with Crippen LogP contribution in [0.1, 0.15) is 37.7 Å². The first-order chi connectivity index (χ1) is 8.67. The van der Waals surface area contributed by atoms with Crippen molar-refractivity contribution < 1.29 is 4.74 Å². The summed E-state index contributed by atoms with van der Waals surface area (Å²) in [5, 5.41) is 0. The van der Waals surface area contributed by atoms with Crippen LogP contribution in [0.4, 0.5) is 5.82 Å². The number of anilines is 1. The number of rotatable bonds is 1. The van der Waals surface area contributed by atoms with Crippen LogP contribution in [0, 0.1) is 6.92 Å². The van der Waals surface area contributed by atoms with Gasteiger partial charge < -0.3 is 10.5 Å². The average molecular weight is 245 g/mol. The third-order valence-electron chi connectivity index (χ3n) is 3.91. The van der Waals surface area contributed by atoms with Crippen LogP contribution in [0.15, 0.2) is 6.33 Å². The van der Waals surface area contributed by atoms with E-state index in [1.54, 1.807) is 6.33 Å². The zero-order chi connectivity index (χ0) is 12.3. The van der Waals surface area contributed by atoms with E-state index < -0.39 is 0 Å². The average Bonchev–Trinajstić information content (AvgIpc) is 2.76. The molecular formula is C12H15N5O. The van der Waals surface area contributed by atoms with E-state index in [-0.39, 0.29) is 11.8 Å². The number of aromatic nitrogens is 4. The second-order valence-electron chi connectivity index (χ2n) is 5.27. The van der Waals surface area contributed by atoms with E-state index in [1.807, 2.05) is 11.5 Å². The second-order valence-corrected chi connectivity index (χ2v) is 5.27. The topological polar surface area (TPSA) is 78.8 Å². The van der Waals surface area contributed by atoms with Gasteiger partial charge in [-0.15, -0.1) is 0 Å². The zero-order valence-electron chi connectivity index (χ0n) is 10.3. The number of imidazole rings is 1. The highest BCUT2D eigenvalue weighted by atomic mass is 16.5. The van der Waals surface area contributed by atoms with Crippen LogP contribution in [-0.2, 0) is 4.74 Å². The predicted molar refractivity (Wildman–Crippen MR) is 65.8 cm³/mol. The summed E-state index contributed by atoms with van der Waals surface area (Å²) >= 11 is 0. The number of nitrogens with two attached hydrogens (primary N) is 1. The largest absolute Gasteiger partial charge is 0.382 e. The van der Waals surface area contributed by atoms with E-state index >= 15 is 0 Å². The first-order valence-corrected chi connectivity index (χ1v) is 6.31. The lowest BCUT2D eigenvalue weighted by molar-refractivity contribution is -0.0109. The molecule has 1 atom stereocenters. The summed E-state index contributed by atoms with van der Waals surface area (Å²) < 4.78 is 8.11. The number of aryl methyl sites for hydroxylation is 1. The van der Waals surface area contributed by atoms with E-state index in [1.165, 1.54) is 12.8 Å². The van der Waals surface area contributed by atoms with Gasteiger partial charge in [0.1, 0.15) is 17.6 Å². The third kappa shape index (κ3) is 1.35. The van der Waals surface area contributed by atoms with Gasteiger partial charge in [0.2, 0.25) is 0 Å². The normalized spacial score (nSPS) is 25.1. The summed E-state index contributed by atoms with van der Waals surface area (Å²) in [5.41, 5.74) is 7.48. The molecule has 2 fully saturated rings. The van der Waals surface area contributed by atoms with E-state index in [4.69, 9.17) is 10.5 Å². The SMILES string of the molecule is Cc1nc(N)c2ncn(C3CCC4(CC4)O3)c2n1. The molecule has 2 aromatic rings. The molecule has 1 spiro atoms. The molecule has 1 saturated heterocycles. The highest BCUT2D eigenvalue weighted by molar-refractivity contribution is 5.81. The molecule has 0 radical (unpaired) electrons. The molecule has 2 aliphatic rings. The molecule has 2 N–H and O–H groups in total. The summed E-state index contributed by atoms with van der Waals surface area (Å²) in [6.07, 6.45) is 6.34. The molecule has 0 bridgehead atoms. The number of ether oxygens (including phenoxy) is 1. The van der Waals surface area contributed by atoms with Gasteiger partial charge in [-0.1, -0.05) is 0 Å². The molecule has 4 rings (SSSR count). The summed E-state index contributed by atoms with van der Waals surface area (Å²) in [6, 6.07) is 0. The van der Waals surface area contributed by atoms with Crippen LogP contribution >= 0.6 is 0 Å². The highest BCUT2D eigenvalue weighted by Crippen LogP contribution is 2.52. The molecular weight excluding hydrogens is 230 g/mol. The first-order valence-electron chi connectivity index (χ1n) is 6.31. The van der Waals surface area contributed by atoms with Gasteiger partial charge in [-0.05, 0) is 32.6 Å². The Labute approximate surface area is 104 Å². The van der Waals surface area contributed by atoms with Crippen LogP contribution in [0.2, 0.25) is 0 Å². The Hall–Kier alpha value is -1.69. The van der Waals surface area contributed by atoms with Crippen molar-refractivity contribution in [2.75, 3.05) is 5.73 Å². The van der Waals surface area contributed by atoms with Crippen molar-refractivity contribution in [2.24, 2.45) is 0 Å². The molecule has 0 aromatic carbocycles. The molecule has 1 aliphatic heterocycles. The van der Waals surface area contributed by atoms with Gasteiger partial charge in [0, 0.05) is 0 Å². The Morgan fingerprint density at radius 3 is 2.94 bits per heavy atom. The lowest BCUT2D eigenvalue weighted by atomic mass is 10.2. The van der Waals surface area contributed by atoms with Crippen LogP contribution in [0.5, 0.6) is 0 Å². The zero-order valence-corrected chi connectivity index (χ0v) is 10.3. The van der Waals surface area contributed by atoms with Gasteiger partial charge in [0.05, 0.1) is 11.9 Å². The molecule has 3 heterocycles. The monoisotopic (exact) mass is 245 g/mol. The molecule has 94 valence electrons. The van der Waals surface area contributed by atoms with E-state index in [2.05, 4.69) is 15.0 Å². The number of hydrogen-bond acceptors (Lipinski definition) is 5. The molecule has 6 heteroatoms. The Balaban J connectivity index is 1.81. The smallest absolute Gasteiger partial charge is 0.167 e. The quantitative estimate of drug-likeness (QED) is 0.824. The minimum atomic E-state index is 0.0474. The van der Waals surface area contributed by atoms with Crippen molar-refractivity contribution >= 4 is 17.0 Å². The molecule has 18 heavy (non-hydrogen) atoms. The molecule has 1 saturated carbocycles. The lowest BCUT2D eigenvalue weighted by Crippen LogP contribution is -2.12. The lowest BCUT2D eigenvalue weighted by Gasteiger charge is -2.14. The van der Waals surface area contributed by atoms with Gasteiger partial charge in [-0.3, -0.25) is 4.57 Å². The minimum absolute atomic E-state index is 0.0474. The molecule has 1 aliphatic carbocycles. The fraction of sp³-hybridized carbons (Fsp3) is 0.583. The van der Waals surface area contributed by atoms with Crippen molar-refractivity contribution in [3.8, 4) is 0 Å². The number of hydrogen-bond donors (Lipinski definition) is 1. The van der Waals surface area contributed by atoms with Gasteiger partial charge in [0.15, 0.2) is 11.5 Å². The molecule has 2 aromatic heterocycles. The van der Waals surface area contributed by atoms with Crippen molar-refractivity contribution in [2.45, 2.75) is 44.4 Å². The van der Waals surface area contributed by atoms with Crippen LogP contribution in [-0.4, -0.2) is 25.1 Å². The van der Waals surface area contributed by atoms with Gasteiger partial charge in [-0.25, -0.2) is 15.0 Å². The maximum absolute atomic E-state index is 6.11. The van der Waals surface area contributed by atoms with Crippen molar-refractivity contribution in [3.63, 3.8) is 0 Å². The Morgan fingerprint density at radius 2 is 2.22 bits per heavy atom. The Bertz CT molecular complexity index is 631. The Morgan fingerprint density at radius 1 is 1.39 bits per heavy atom. The highest BCUT2D eigenvalue weighted by Gasteiger charge is 2.50. The van der Waals surface area contributed by atoms with Crippen LogP contribution in [0.25, 0.3) is 11.2 Å². The standard InChI is InChI=1S/C12H15N5O/c1-7-15-10(13)9-11(16-7)17(6-14-9)8-2-3-12(18-8)4-5-12/h6,8H,2-5H2,1H3,(H2,13,15,16). The van der Waals surface area contributed by atoms with E-state index in [9.17, 15) is 0 Å². The van der Waals surface area contributed by atoms with Gasteiger partial charge in [-0.2, -0.15) is 0 Å². The fourth-order valence-corrected chi connectivity index (χ4v) is 2.76. The van der Waals surface area contributed by atoms with Gasteiger partial charge >= 0.3 is 0 Å². The fourth-order valence-electron chi connectivity index (χ4n) is 2.76. The maximum atomic E-state index is 6.11. The number of nitrogens with zero attached hydrogens (tertiary/aromatic N) is 4. The number of fused-ring (bicyclic) bond motifs is 1. The molecule has 0 amide bonds. The predicted octanol–water partition coefficient (Wildman–Crippen LogP) is 1.56. The second kappa shape index (κ2) is 3.20. The third-order valence-corrected chi connectivity index (χ3v) is 3.91.